The quantitative estimate of drug-likeness (QED) is 0.298. The third kappa shape index (κ3) is 4.08. The smallest absolute Gasteiger partial charge is 0.357 e. The van der Waals surface area contributed by atoms with Gasteiger partial charge >= 0.3 is 27.1 Å². The van der Waals surface area contributed by atoms with E-state index in [1.165, 1.54) is 0 Å². The Bertz CT molecular complexity index is 425. The SMILES string of the molecule is CC(N(CC(=O)O)CC(=O)O)(P(=O)(O)O)P(=O)(O)O. The van der Waals surface area contributed by atoms with Crippen molar-refractivity contribution in [2.45, 2.75) is 11.9 Å². The van der Waals surface area contributed by atoms with Crippen LogP contribution in [0.5, 0.6) is 0 Å². The van der Waals surface area contributed by atoms with Gasteiger partial charge in [-0.3, -0.25) is 23.6 Å². The molecule has 0 amide bonds. The van der Waals surface area contributed by atoms with Crippen molar-refractivity contribution in [3.8, 4) is 0 Å². The van der Waals surface area contributed by atoms with Crippen LogP contribution in [-0.4, -0.2) is 64.7 Å². The number of carbonyl (C=O) groups is 2. The second kappa shape index (κ2) is 5.68. The predicted molar refractivity (Wildman–Crippen MR) is 59.3 cm³/mol. The Kier molecular flexibility index (Phi) is 5.44. The minimum atomic E-state index is -5.54. The van der Waals surface area contributed by atoms with Gasteiger partial charge in [-0.25, -0.2) is 0 Å². The molecule has 0 aliphatic heterocycles. The van der Waals surface area contributed by atoms with Crippen LogP contribution in [0.4, 0.5) is 0 Å². The second-order valence-electron chi connectivity index (χ2n) is 3.70. The lowest BCUT2D eigenvalue weighted by Gasteiger charge is -2.39. The Hall–Kier alpha value is -0.800. The number of carboxylic acid groups (broad SMARTS) is 2. The fraction of sp³-hybridized carbons (Fsp3) is 0.667. The summed E-state index contributed by atoms with van der Waals surface area (Å²) in [5.74, 6) is -3.40. The van der Waals surface area contributed by atoms with E-state index in [2.05, 4.69) is 0 Å². The Labute approximate surface area is 106 Å². The molecule has 6 N–H and O–H groups in total. The minimum Gasteiger partial charge on any atom is -0.480 e. The van der Waals surface area contributed by atoms with Crippen molar-refractivity contribution in [2.75, 3.05) is 13.1 Å². The average Bonchev–Trinajstić information content (AvgIpc) is 2.09. The standard InChI is InChI=1S/C6H13NO10P2/c1-6(18(12,13)14,19(15,16)17)7(2-4(8)9)3-5(10)11/h2-3H2,1H3,(H,8,9)(H,10,11)(H2,12,13,14)(H2,15,16,17). The molecule has 0 aromatic carbocycles. The van der Waals surface area contributed by atoms with Crippen LogP contribution < -0.4 is 0 Å². The predicted octanol–water partition coefficient (Wildman–Crippen LogP) is -1.51. The molecule has 0 atom stereocenters. The van der Waals surface area contributed by atoms with Crippen molar-refractivity contribution < 1.29 is 48.5 Å². The summed E-state index contributed by atoms with van der Waals surface area (Å²) in [6, 6.07) is 0. The summed E-state index contributed by atoms with van der Waals surface area (Å²) in [4.78, 5) is 57.4. The van der Waals surface area contributed by atoms with Gasteiger partial charge in [0.2, 0.25) is 5.02 Å². The maximum absolute atomic E-state index is 11.3. The number of nitrogens with zero attached hydrogens (tertiary/aromatic N) is 1. The van der Waals surface area contributed by atoms with E-state index in [-0.39, 0.29) is 4.90 Å². The molecule has 0 aromatic heterocycles. The summed E-state index contributed by atoms with van der Waals surface area (Å²) in [6.07, 6.45) is 0. The number of rotatable bonds is 7. The van der Waals surface area contributed by atoms with Gasteiger partial charge in [-0.05, 0) is 6.92 Å². The first-order valence-electron chi connectivity index (χ1n) is 4.53. The molecule has 0 aliphatic rings. The van der Waals surface area contributed by atoms with E-state index < -0.39 is 45.2 Å². The van der Waals surface area contributed by atoms with Crippen molar-refractivity contribution >= 4 is 27.1 Å². The molecule has 0 radical (unpaired) electrons. The van der Waals surface area contributed by atoms with Gasteiger partial charge < -0.3 is 29.8 Å². The Morgan fingerprint density at radius 2 is 1.21 bits per heavy atom. The van der Waals surface area contributed by atoms with Crippen LogP contribution in [0.3, 0.4) is 0 Å². The van der Waals surface area contributed by atoms with E-state index in [1.54, 1.807) is 0 Å². The zero-order valence-corrected chi connectivity index (χ0v) is 11.4. The highest BCUT2D eigenvalue weighted by Crippen LogP contribution is 2.69. The van der Waals surface area contributed by atoms with Crippen molar-refractivity contribution in [1.29, 1.82) is 0 Å². The lowest BCUT2D eigenvalue weighted by molar-refractivity contribution is -0.142. The highest BCUT2D eigenvalue weighted by Gasteiger charge is 2.61. The van der Waals surface area contributed by atoms with Crippen LogP contribution >= 0.6 is 15.2 Å². The van der Waals surface area contributed by atoms with E-state index in [9.17, 15) is 18.7 Å². The first kappa shape index (κ1) is 18.2. The molecule has 0 rings (SSSR count). The number of hydrogen-bond donors (Lipinski definition) is 6. The van der Waals surface area contributed by atoms with Crippen LogP contribution in [-0.2, 0) is 18.7 Å². The molecule has 0 aromatic rings. The van der Waals surface area contributed by atoms with Crippen LogP contribution in [0.1, 0.15) is 6.92 Å². The maximum atomic E-state index is 11.3. The number of aliphatic carboxylic acids is 2. The fourth-order valence-electron chi connectivity index (χ4n) is 1.22. The van der Waals surface area contributed by atoms with Gasteiger partial charge in [0, 0.05) is 0 Å². The molecular weight excluding hydrogens is 308 g/mol. The van der Waals surface area contributed by atoms with Crippen molar-refractivity contribution in [2.24, 2.45) is 0 Å². The van der Waals surface area contributed by atoms with E-state index in [1.807, 2.05) is 0 Å². The fourth-order valence-corrected chi connectivity index (χ4v) is 3.60. The molecule has 0 saturated heterocycles. The zero-order chi connectivity index (χ0) is 15.6. The van der Waals surface area contributed by atoms with E-state index in [0.717, 1.165) is 0 Å². The van der Waals surface area contributed by atoms with Crippen LogP contribution in [0.2, 0.25) is 0 Å². The molecule has 112 valence electrons. The maximum Gasteiger partial charge on any atom is 0.357 e. The largest absolute Gasteiger partial charge is 0.480 e. The molecule has 13 heteroatoms. The molecular formula is C6H13NO10P2. The second-order valence-corrected chi connectivity index (χ2v) is 7.97. The zero-order valence-electron chi connectivity index (χ0n) is 9.57. The first-order chi connectivity index (χ1) is 8.23. The summed E-state index contributed by atoms with van der Waals surface area (Å²) < 4.78 is 22.6. The molecule has 0 fully saturated rings. The van der Waals surface area contributed by atoms with Crippen molar-refractivity contribution in [3.63, 3.8) is 0 Å². The lowest BCUT2D eigenvalue weighted by atomic mass is 10.4. The highest BCUT2D eigenvalue weighted by atomic mass is 31.2. The summed E-state index contributed by atoms with van der Waals surface area (Å²) in [6.45, 7) is -2.11. The minimum absolute atomic E-state index is 0.0270. The van der Waals surface area contributed by atoms with Gasteiger partial charge in [-0.1, -0.05) is 0 Å². The van der Waals surface area contributed by atoms with Gasteiger partial charge in [0.1, 0.15) is 0 Å². The first-order valence-corrected chi connectivity index (χ1v) is 7.76. The number of hydrogen-bond acceptors (Lipinski definition) is 5. The highest BCUT2D eigenvalue weighted by molar-refractivity contribution is 7.72. The Morgan fingerprint density at radius 3 is 1.37 bits per heavy atom. The molecule has 0 saturated carbocycles. The summed E-state index contributed by atoms with van der Waals surface area (Å²) in [7, 11) is -11.1. The van der Waals surface area contributed by atoms with Gasteiger partial charge in [0.05, 0.1) is 13.1 Å². The molecule has 0 bridgehead atoms. The van der Waals surface area contributed by atoms with Crippen molar-refractivity contribution in [3.05, 3.63) is 0 Å². The van der Waals surface area contributed by atoms with Crippen LogP contribution in [0, 0.1) is 0 Å². The average molecular weight is 321 g/mol. The monoisotopic (exact) mass is 321 g/mol. The van der Waals surface area contributed by atoms with E-state index in [4.69, 9.17) is 29.8 Å². The molecule has 11 nitrogen and oxygen atoms in total. The molecule has 0 unspecified atom stereocenters. The van der Waals surface area contributed by atoms with Gasteiger partial charge in [0.15, 0.2) is 0 Å². The lowest BCUT2D eigenvalue weighted by Crippen LogP contribution is -2.50. The third-order valence-electron chi connectivity index (χ3n) is 2.35. The topological polar surface area (TPSA) is 193 Å². The molecule has 0 spiro atoms. The molecule has 19 heavy (non-hydrogen) atoms. The normalized spacial score (nSPS) is 13.6. The van der Waals surface area contributed by atoms with Crippen molar-refractivity contribution in [1.82, 2.24) is 4.90 Å². The Balaban J connectivity index is 5.91. The van der Waals surface area contributed by atoms with Gasteiger partial charge in [-0.2, -0.15) is 0 Å². The summed E-state index contributed by atoms with van der Waals surface area (Å²) in [5, 5.41) is 13.9. The number of carboxylic acids is 2. The van der Waals surface area contributed by atoms with Gasteiger partial charge in [-0.15, -0.1) is 0 Å². The molecule has 0 heterocycles. The third-order valence-corrected chi connectivity index (χ3v) is 6.69. The Morgan fingerprint density at radius 1 is 0.947 bits per heavy atom. The van der Waals surface area contributed by atoms with Crippen LogP contribution in [0.25, 0.3) is 0 Å². The summed E-state index contributed by atoms with van der Waals surface area (Å²) in [5.41, 5.74) is 0. The van der Waals surface area contributed by atoms with E-state index >= 15 is 0 Å². The van der Waals surface area contributed by atoms with Crippen LogP contribution in [0.15, 0.2) is 0 Å². The summed E-state index contributed by atoms with van der Waals surface area (Å²) >= 11 is 0. The van der Waals surface area contributed by atoms with Gasteiger partial charge in [0.25, 0.3) is 0 Å². The van der Waals surface area contributed by atoms with E-state index in [0.29, 0.717) is 6.92 Å². The molecule has 0 aliphatic carbocycles.